The normalized spacial score (nSPS) is 11.8. The van der Waals surface area contributed by atoms with Gasteiger partial charge >= 0.3 is 5.97 Å². The Morgan fingerprint density at radius 2 is 1.62 bits per heavy atom. The monoisotopic (exact) mass is 396 g/mol. The van der Waals surface area contributed by atoms with Gasteiger partial charge in [0.2, 0.25) is 0 Å². The molecule has 0 fully saturated rings. The number of esters is 1. The van der Waals surface area contributed by atoms with E-state index in [1.807, 2.05) is 30.3 Å². The van der Waals surface area contributed by atoms with Crippen molar-refractivity contribution in [1.82, 2.24) is 0 Å². The first-order valence-corrected chi connectivity index (χ1v) is 15.4. The van der Waals surface area contributed by atoms with Crippen molar-refractivity contribution in [3.8, 4) is 0 Å². The lowest BCUT2D eigenvalue weighted by molar-refractivity contribution is -0.145. The van der Waals surface area contributed by atoms with Crippen LogP contribution in [0, 0.1) is 0 Å². The van der Waals surface area contributed by atoms with Gasteiger partial charge in [-0.3, -0.25) is 9.59 Å². The molecule has 0 N–H and O–H groups in total. The SMILES string of the molecule is C[Si](C)(CCCOC=O)O[Si](C)(C)CCCC(=O)OCc1ccccc1. The third-order valence-electron chi connectivity index (χ3n) is 4.06. The molecule has 0 amide bonds. The van der Waals surface area contributed by atoms with Crippen LogP contribution in [-0.2, 0) is 29.8 Å². The summed E-state index contributed by atoms with van der Waals surface area (Å²) in [6.45, 7) is 10.1. The Balaban J connectivity index is 2.26. The van der Waals surface area contributed by atoms with Gasteiger partial charge in [0.05, 0.1) is 6.61 Å². The summed E-state index contributed by atoms with van der Waals surface area (Å²) >= 11 is 0. The Morgan fingerprint density at radius 3 is 2.23 bits per heavy atom. The van der Waals surface area contributed by atoms with Gasteiger partial charge in [-0.1, -0.05) is 30.3 Å². The molecular formula is C19H32O5Si2. The first kappa shape index (κ1) is 22.6. The van der Waals surface area contributed by atoms with Gasteiger partial charge in [-0.05, 0) is 56.7 Å². The fraction of sp³-hybridized carbons (Fsp3) is 0.579. The number of rotatable bonds is 13. The summed E-state index contributed by atoms with van der Waals surface area (Å²) in [5.41, 5.74) is 1.00. The summed E-state index contributed by atoms with van der Waals surface area (Å²) in [5, 5.41) is 0. The van der Waals surface area contributed by atoms with Crippen LogP contribution in [0.25, 0.3) is 0 Å². The second kappa shape index (κ2) is 11.3. The maximum atomic E-state index is 11.9. The van der Waals surface area contributed by atoms with E-state index in [2.05, 4.69) is 26.2 Å². The largest absolute Gasteiger partial charge is 0.468 e. The molecule has 0 radical (unpaired) electrons. The molecule has 0 aromatic heterocycles. The molecule has 5 nitrogen and oxygen atoms in total. The third-order valence-corrected chi connectivity index (χ3v) is 11.6. The van der Waals surface area contributed by atoms with Crippen LogP contribution in [0.3, 0.4) is 0 Å². The molecule has 1 aromatic carbocycles. The van der Waals surface area contributed by atoms with Crippen molar-refractivity contribution < 1.29 is 23.2 Å². The smallest absolute Gasteiger partial charge is 0.306 e. The quantitative estimate of drug-likeness (QED) is 0.213. The average molecular weight is 397 g/mol. The van der Waals surface area contributed by atoms with E-state index in [0.717, 1.165) is 30.5 Å². The Kier molecular flexibility index (Phi) is 9.82. The minimum Gasteiger partial charge on any atom is -0.468 e. The molecule has 0 aliphatic rings. The molecule has 0 unspecified atom stereocenters. The number of benzene rings is 1. The highest BCUT2D eigenvalue weighted by Crippen LogP contribution is 2.24. The first-order valence-electron chi connectivity index (χ1n) is 9.19. The first-order chi connectivity index (χ1) is 12.2. The predicted molar refractivity (Wildman–Crippen MR) is 108 cm³/mol. The van der Waals surface area contributed by atoms with Crippen LogP contribution in [0.15, 0.2) is 30.3 Å². The van der Waals surface area contributed by atoms with Crippen molar-refractivity contribution in [2.75, 3.05) is 6.61 Å². The average Bonchev–Trinajstić information content (AvgIpc) is 2.57. The molecule has 0 atom stereocenters. The zero-order valence-corrected chi connectivity index (χ0v) is 18.5. The van der Waals surface area contributed by atoms with Gasteiger partial charge in [0, 0.05) is 6.42 Å². The van der Waals surface area contributed by atoms with E-state index < -0.39 is 16.6 Å². The van der Waals surface area contributed by atoms with Crippen LogP contribution in [0.2, 0.25) is 38.3 Å². The van der Waals surface area contributed by atoms with Gasteiger partial charge in [-0.25, -0.2) is 0 Å². The Bertz CT molecular complexity index is 546. The maximum Gasteiger partial charge on any atom is 0.306 e. The summed E-state index contributed by atoms with van der Waals surface area (Å²) in [7, 11) is -3.59. The molecule has 7 heteroatoms. The predicted octanol–water partition coefficient (Wildman–Crippen LogP) is 4.50. The lowest BCUT2D eigenvalue weighted by Crippen LogP contribution is -2.44. The molecule has 0 aliphatic heterocycles. The minimum atomic E-state index is -1.82. The molecule has 1 aromatic rings. The van der Waals surface area contributed by atoms with Crippen molar-refractivity contribution in [2.24, 2.45) is 0 Å². The topological polar surface area (TPSA) is 61.8 Å². The van der Waals surface area contributed by atoms with Gasteiger partial charge in [0.15, 0.2) is 16.6 Å². The molecule has 26 heavy (non-hydrogen) atoms. The minimum absolute atomic E-state index is 0.152. The van der Waals surface area contributed by atoms with Gasteiger partial charge in [0.1, 0.15) is 6.61 Å². The van der Waals surface area contributed by atoms with Crippen molar-refractivity contribution in [3.05, 3.63) is 35.9 Å². The van der Waals surface area contributed by atoms with Crippen LogP contribution >= 0.6 is 0 Å². The highest BCUT2D eigenvalue weighted by Gasteiger charge is 2.32. The van der Waals surface area contributed by atoms with Gasteiger partial charge < -0.3 is 13.6 Å². The molecule has 0 spiro atoms. The fourth-order valence-electron chi connectivity index (χ4n) is 2.95. The van der Waals surface area contributed by atoms with Crippen molar-refractivity contribution in [3.63, 3.8) is 0 Å². The highest BCUT2D eigenvalue weighted by molar-refractivity contribution is 6.84. The molecule has 0 heterocycles. The molecule has 146 valence electrons. The number of hydrogen-bond donors (Lipinski definition) is 0. The van der Waals surface area contributed by atoms with E-state index in [-0.39, 0.29) is 5.97 Å². The van der Waals surface area contributed by atoms with Crippen molar-refractivity contribution in [1.29, 1.82) is 0 Å². The zero-order valence-electron chi connectivity index (χ0n) is 16.5. The van der Waals surface area contributed by atoms with Crippen LogP contribution in [-0.4, -0.2) is 35.7 Å². The highest BCUT2D eigenvalue weighted by atomic mass is 28.4. The van der Waals surface area contributed by atoms with Crippen LogP contribution in [0.1, 0.15) is 24.8 Å². The van der Waals surface area contributed by atoms with E-state index in [0.29, 0.717) is 26.1 Å². The summed E-state index contributed by atoms with van der Waals surface area (Å²) in [5.74, 6) is -0.152. The lowest BCUT2D eigenvalue weighted by atomic mass is 10.2. The number of ether oxygens (including phenoxy) is 2. The Hall–Kier alpha value is -1.45. The third kappa shape index (κ3) is 10.5. The second-order valence-corrected chi connectivity index (χ2v) is 16.5. The van der Waals surface area contributed by atoms with Crippen LogP contribution in [0.4, 0.5) is 0 Å². The fourth-order valence-corrected chi connectivity index (χ4v) is 11.8. The van der Waals surface area contributed by atoms with Gasteiger partial charge in [0.25, 0.3) is 6.47 Å². The molecule has 0 bridgehead atoms. The van der Waals surface area contributed by atoms with Gasteiger partial charge in [-0.2, -0.15) is 0 Å². The molecule has 0 saturated carbocycles. The van der Waals surface area contributed by atoms with E-state index >= 15 is 0 Å². The number of carbonyl (C=O) groups excluding carboxylic acids is 2. The zero-order chi connectivity index (χ0) is 19.5. The van der Waals surface area contributed by atoms with E-state index in [4.69, 9.17) is 13.6 Å². The Labute approximate surface area is 159 Å². The summed E-state index contributed by atoms with van der Waals surface area (Å²) < 4.78 is 16.6. The van der Waals surface area contributed by atoms with E-state index in [1.165, 1.54) is 0 Å². The van der Waals surface area contributed by atoms with E-state index in [1.54, 1.807) is 0 Å². The number of hydrogen-bond acceptors (Lipinski definition) is 5. The summed E-state index contributed by atoms with van der Waals surface area (Å²) in [4.78, 5) is 22.1. The molecular weight excluding hydrogens is 364 g/mol. The van der Waals surface area contributed by atoms with Gasteiger partial charge in [-0.15, -0.1) is 0 Å². The lowest BCUT2D eigenvalue weighted by Gasteiger charge is -2.34. The van der Waals surface area contributed by atoms with E-state index in [9.17, 15) is 9.59 Å². The summed E-state index contributed by atoms with van der Waals surface area (Å²) in [6.07, 6.45) is 2.07. The molecule has 0 aliphatic carbocycles. The maximum absolute atomic E-state index is 11.9. The second-order valence-electron chi connectivity index (χ2n) is 7.69. The van der Waals surface area contributed by atoms with Crippen molar-refractivity contribution >= 4 is 29.1 Å². The van der Waals surface area contributed by atoms with Crippen molar-refractivity contribution in [2.45, 2.75) is 64.1 Å². The standard InChI is InChI=1S/C19H32O5Si2/c1-25(2,24-26(3,4)15-9-13-22-17-20)14-8-12-19(21)23-16-18-10-6-5-7-11-18/h5-7,10-11,17H,8-9,12-16H2,1-4H3. The molecule has 0 saturated heterocycles. The van der Waals surface area contributed by atoms with Crippen LogP contribution in [0.5, 0.6) is 0 Å². The summed E-state index contributed by atoms with van der Waals surface area (Å²) in [6, 6.07) is 11.6. The molecule has 1 rings (SSSR count). The Morgan fingerprint density at radius 1 is 1.00 bits per heavy atom. The van der Waals surface area contributed by atoms with Crippen LogP contribution < -0.4 is 0 Å². The number of carbonyl (C=O) groups is 2.